The van der Waals surface area contributed by atoms with Crippen molar-refractivity contribution in [3.05, 3.63) is 65.7 Å². The molecule has 0 saturated carbocycles. The number of nitrogens with zero attached hydrogens (tertiary/aromatic N) is 1. The van der Waals surface area contributed by atoms with Crippen molar-refractivity contribution >= 4 is 11.8 Å². The quantitative estimate of drug-likeness (QED) is 0.520. The number of methoxy groups -OCH3 is 1. The fourth-order valence-electron chi connectivity index (χ4n) is 5.74. The molecule has 2 aromatic rings. The summed E-state index contributed by atoms with van der Waals surface area (Å²) >= 11 is 0. The van der Waals surface area contributed by atoms with Crippen LogP contribution in [-0.2, 0) is 19.9 Å². The number of piperidine rings is 2. The van der Waals surface area contributed by atoms with Gasteiger partial charge in [0, 0.05) is 44.6 Å². The second-order valence-electron chi connectivity index (χ2n) is 9.68. The van der Waals surface area contributed by atoms with Crippen LogP contribution in [0.1, 0.15) is 36.3 Å². The molecule has 2 heterocycles. The maximum Gasteiger partial charge on any atom is 0.430 e. The molecule has 2 atom stereocenters. The highest BCUT2D eigenvalue weighted by Gasteiger charge is 2.64. The van der Waals surface area contributed by atoms with E-state index in [9.17, 15) is 31.5 Å². The molecular formula is C27H29F5N2O4. The molecule has 206 valence electrons. The van der Waals surface area contributed by atoms with E-state index in [1.54, 1.807) is 30.3 Å². The van der Waals surface area contributed by atoms with Crippen LogP contribution in [0, 0.1) is 5.41 Å². The lowest BCUT2D eigenvalue weighted by molar-refractivity contribution is -0.271. The van der Waals surface area contributed by atoms with Gasteiger partial charge in [-0.15, -0.1) is 0 Å². The summed E-state index contributed by atoms with van der Waals surface area (Å²) in [6.07, 6.45) is -7.12. The van der Waals surface area contributed by atoms with Gasteiger partial charge >= 0.3 is 6.18 Å². The molecule has 0 aliphatic carbocycles. The Morgan fingerprint density at radius 3 is 2.32 bits per heavy atom. The van der Waals surface area contributed by atoms with Crippen LogP contribution in [0.15, 0.2) is 54.6 Å². The predicted octanol–water partition coefficient (Wildman–Crippen LogP) is 4.65. The van der Waals surface area contributed by atoms with E-state index in [-0.39, 0.29) is 62.0 Å². The first kappa shape index (κ1) is 27.8. The van der Waals surface area contributed by atoms with E-state index >= 15 is 0 Å². The van der Waals surface area contributed by atoms with Gasteiger partial charge in [-0.25, -0.2) is 8.78 Å². The largest absolute Gasteiger partial charge is 0.487 e. The summed E-state index contributed by atoms with van der Waals surface area (Å²) in [5.41, 5.74) is -3.54. The standard InChI is InChI=1S/C27H29F5N2O4/c1-37-26(27(30,31)32,18-7-3-2-4-8-18)24(36)34-13-11-25(12-14-34)15-23(35)33-16-20(25)19-9-5-6-10-21(19)38-17-22(28)29/h2-10,20,22H,11-17H2,1H3,(H,33,35)/t20?,26-/m1/s1. The summed E-state index contributed by atoms with van der Waals surface area (Å²) in [4.78, 5) is 27.1. The van der Waals surface area contributed by atoms with Gasteiger partial charge in [0.1, 0.15) is 12.4 Å². The lowest BCUT2D eigenvalue weighted by Crippen LogP contribution is -2.60. The van der Waals surface area contributed by atoms with Crippen LogP contribution in [-0.4, -0.2) is 62.7 Å². The molecule has 2 aliphatic rings. The van der Waals surface area contributed by atoms with Crippen molar-refractivity contribution < 1.29 is 41.0 Å². The first-order valence-corrected chi connectivity index (χ1v) is 12.3. The Bertz CT molecular complexity index is 1140. The van der Waals surface area contributed by atoms with Gasteiger partial charge in [0.15, 0.2) is 0 Å². The molecule has 4 rings (SSSR count). The van der Waals surface area contributed by atoms with Crippen molar-refractivity contribution in [3.8, 4) is 5.75 Å². The van der Waals surface area contributed by atoms with E-state index in [2.05, 4.69) is 5.32 Å². The Morgan fingerprint density at radius 2 is 1.71 bits per heavy atom. The molecular weight excluding hydrogens is 511 g/mol. The minimum Gasteiger partial charge on any atom is -0.487 e. The lowest BCUT2D eigenvalue weighted by Gasteiger charge is -2.50. The Morgan fingerprint density at radius 1 is 1.08 bits per heavy atom. The summed E-state index contributed by atoms with van der Waals surface area (Å²) in [5, 5.41) is 2.81. The van der Waals surface area contributed by atoms with E-state index in [1.807, 2.05) is 0 Å². The number of hydrogen-bond donors (Lipinski definition) is 1. The van der Waals surface area contributed by atoms with E-state index < -0.39 is 36.1 Å². The van der Waals surface area contributed by atoms with Gasteiger partial charge in [-0.2, -0.15) is 13.2 Å². The summed E-state index contributed by atoms with van der Waals surface area (Å²) in [5.74, 6) is -1.49. The molecule has 38 heavy (non-hydrogen) atoms. The molecule has 1 unspecified atom stereocenters. The number of hydrogen-bond acceptors (Lipinski definition) is 4. The zero-order chi connectivity index (χ0) is 27.6. The highest BCUT2D eigenvalue weighted by Crippen LogP contribution is 2.52. The average molecular weight is 541 g/mol. The molecule has 2 fully saturated rings. The molecule has 0 radical (unpaired) electrons. The molecule has 2 aliphatic heterocycles. The third-order valence-electron chi connectivity index (χ3n) is 7.65. The maximum atomic E-state index is 14.4. The van der Waals surface area contributed by atoms with Crippen molar-refractivity contribution in [2.45, 2.75) is 43.4 Å². The molecule has 2 amide bonds. The van der Waals surface area contributed by atoms with Crippen molar-refractivity contribution in [2.24, 2.45) is 5.41 Å². The van der Waals surface area contributed by atoms with Crippen molar-refractivity contribution in [3.63, 3.8) is 0 Å². The molecule has 1 spiro atoms. The molecule has 0 bridgehead atoms. The van der Waals surface area contributed by atoms with E-state index in [0.717, 1.165) is 12.0 Å². The minimum atomic E-state index is -5.02. The average Bonchev–Trinajstić information content (AvgIpc) is 2.89. The van der Waals surface area contributed by atoms with Gasteiger partial charge in [0.25, 0.3) is 17.9 Å². The van der Waals surface area contributed by atoms with Crippen LogP contribution in [0.5, 0.6) is 5.75 Å². The molecule has 2 aromatic carbocycles. The Balaban J connectivity index is 1.62. The number of carbonyl (C=O) groups is 2. The number of alkyl halides is 5. The van der Waals surface area contributed by atoms with Crippen molar-refractivity contribution in [1.29, 1.82) is 0 Å². The molecule has 0 aromatic heterocycles. The van der Waals surface area contributed by atoms with Gasteiger partial charge < -0.3 is 19.7 Å². The van der Waals surface area contributed by atoms with Crippen LogP contribution in [0.2, 0.25) is 0 Å². The first-order valence-electron chi connectivity index (χ1n) is 12.3. The number of amides is 2. The fourth-order valence-corrected chi connectivity index (χ4v) is 5.74. The summed E-state index contributed by atoms with van der Waals surface area (Å²) in [7, 11) is 0.863. The molecule has 6 nitrogen and oxygen atoms in total. The summed E-state index contributed by atoms with van der Waals surface area (Å²) in [6, 6.07) is 13.5. The number of ether oxygens (including phenoxy) is 2. The van der Waals surface area contributed by atoms with E-state index in [0.29, 0.717) is 5.56 Å². The minimum absolute atomic E-state index is 0.0311. The van der Waals surface area contributed by atoms with E-state index in [4.69, 9.17) is 9.47 Å². The zero-order valence-electron chi connectivity index (χ0n) is 20.8. The molecule has 11 heteroatoms. The van der Waals surface area contributed by atoms with Crippen LogP contribution in [0.4, 0.5) is 22.0 Å². The zero-order valence-corrected chi connectivity index (χ0v) is 20.8. The van der Waals surface area contributed by atoms with Crippen LogP contribution in [0.3, 0.4) is 0 Å². The third kappa shape index (κ3) is 5.08. The Hall–Kier alpha value is -3.21. The Kier molecular flexibility index (Phi) is 7.96. The van der Waals surface area contributed by atoms with Gasteiger partial charge in [0.2, 0.25) is 5.91 Å². The van der Waals surface area contributed by atoms with Gasteiger partial charge in [-0.1, -0.05) is 48.5 Å². The Labute approximate surface area is 217 Å². The maximum absolute atomic E-state index is 14.4. The van der Waals surface area contributed by atoms with Crippen molar-refractivity contribution in [1.82, 2.24) is 10.2 Å². The number of carbonyl (C=O) groups excluding carboxylic acids is 2. The van der Waals surface area contributed by atoms with Crippen molar-refractivity contribution in [2.75, 3.05) is 33.4 Å². The van der Waals surface area contributed by atoms with Crippen LogP contribution in [0.25, 0.3) is 0 Å². The van der Waals surface area contributed by atoms with Gasteiger partial charge in [-0.3, -0.25) is 9.59 Å². The van der Waals surface area contributed by atoms with Gasteiger partial charge in [-0.05, 0) is 29.9 Å². The lowest BCUT2D eigenvalue weighted by atomic mass is 9.62. The summed E-state index contributed by atoms with van der Waals surface area (Å²) in [6.45, 7) is -0.634. The van der Waals surface area contributed by atoms with Crippen LogP contribution < -0.4 is 10.1 Å². The number of para-hydroxylation sites is 1. The number of nitrogens with one attached hydrogen (secondary N) is 1. The first-order chi connectivity index (χ1) is 18.0. The molecule has 1 N–H and O–H groups in total. The number of benzene rings is 2. The van der Waals surface area contributed by atoms with Gasteiger partial charge in [0.05, 0.1) is 0 Å². The highest BCUT2D eigenvalue weighted by molar-refractivity contribution is 5.88. The normalized spacial score (nSPS) is 21.2. The number of likely N-dealkylation sites (tertiary alicyclic amines) is 1. The number of halogens is 5. The van der Waals surface area contributed by atoms with E-state index in [1.165, 1.54) is 24.3 Å². The SMILES string of the molecule is CO[C@@](C(=O)N1CCC2(CC1)CC(=O)NCC2c1ccccc1OCC(F)F)(c1ccccc1)C(F)(F)F. The third-order valence-corrected chi connectivity index (χ3v) is 7.65. The summed E-state index contributed by atoms with van der Waals surface area (Å²) < 4.78 is 79.3. The fraction of sp³-hybridized carbons (Fsp3) is 0.481. The molecule has 2 saturated heterocycles. The number of rotatable bonds is 7. The smallest absolute Gasteiger partial charge is 0.430 e. The second-order valence-corrected chi connectivity index (χ2v) is 9.68. The monoisotopic (exact) mass is 540 g/mol. The second kappa shape index (κ2) is 10.9. The van der Waals surface area contributed by atoms with Crippen LogP contribution >= 0.6 is 0 Å². The predicted molar refractivity (Wildman–Crippen MR) is 128 cm³/mol. The highest BCUT2D eigenvalue weighted by atomic mass is 19.4. The topological polar surface area (TPSA) is 67.9 Å².